The Morgan fingerprint density at radius 2 is 1.87 bits per heavy atom. The summed E-state index contributed by atoms with van der Waals surface area (Å²) in [5.41, 5.74) is 1.94. The topological polar surface area (TPSA) is 83.4 Å². The Kier molecular flexibility index (Phi) is 5.83. The number of halogens is 2. The minimum Gasteiger partial charge on any atom is -0.503 e. The highest BCUT2D eigenvalue weighted by molar-refractivity contribution is 7.14. The summed E-state index contributed by atoms with van der Waals surface area (Å²) < 4.78 is 0. The zero-order valence-corrected chi connectivity index (χ0v) is 18.9. The van der Waals surface area contributed by atoms with Gasteiger partial charge >= 0.3 is 0 Å². The molecular weight excluding hydrogens is 457 g/mol. The third-order valence-electron chi connectivity index (χ3n) is 5.02. The first-order valence-corrected chi connectivity index (χ1v) is 10.9. The summed E-state index contributed by atoms with van der Waals surface area (Å²) in [6.07, 6.45) is 3.24. The largest absolute Gasteiger partial charge is 0.503 e. The van der Waals surface area contributed by atoms with Crippen molar-refractivity contribution < 1.29 is 14.7 Å². The standard InChI is InChI=1S/C22H17Cl2N3O3S/c1-11-21(31-12(2)26-11)19(28)17-18(14-3-4-15(23)16(24)9-14)27(22(30)20(17)29)10-13-5-7-25-8-6-13/h3-9,18,29H,10H2,1-2H3. The van der Waals surface area contributed by atoms with Crippen LogP contribution in [0.15, 0.2) is 54.1 Å². The summed E-state index contributed by atoms with van der Waals surface area (Å²) in [6, 6.07) is 7.62. The van der Waals surface area contributed by atoms with Crippen LogP contribution in [0.1, 0.15) is 37.5 Å². The van der Waals surface area contributed by atoms with Crippen molar-refractivity contribution in [2.24, 2.45) is 0 Å². The minimum absolute atomic E-state index is 0.00388. The van der Waals surface area contributed by atoms with Crippen molar-refractivity contribution in [2.45, 2.75) is 26.4 Å². The number of thiazole rings is 1. The SMILES string of the molecule is Cc1nc(C)c(C(=O)C2=C(O)C(=O)N(Cc3ccncc3)C2c2ccc(Cl)c(Cl)c2)s1. The molecule has 0 bridgehead atoms. The van der Waals surface area contributed by atoms with E-state index in [4.69, 9.17) is 23.2 Å². The van der Waals surface area contributed by atoms with Crippen LogP contribution in [0.2, 0.25) is 10.0 Å². The van der Waals surface area contributed by atoms with Crippen LogP contribution in [-0.2, 0) is 11.3 Å². The van der Waals surface area contributed by atoms with Crippen molar-refractivity contribution in [2.75, 3.05) is 0 Å². The molecule has 0 saturated carbocycles. The molecule has 0 aliphatic carbocycles. The monoisotopic (exact) mass is 473 g/mol. The number of carbonyl (C=O) groups is 2. The molecule has 3 heterocycles. The number of rotatable bonds is 5. The number of aryl methyl sites for hydroxylation is 2. The number of pyridine rings is 1. The van der Waals surface area contributed by atoms with E-state index in [-0.39, 0.29) is 12.1 Å². The number of amides is 1. The lowest BCUT2D eigenvalue weighted by atomic mass is 9.95. The highest BCUT2D eigenvalue weighted by atomic mass is 35.5. The highest BCUT2D eigenvalue weighted by Gasteiger charge is 2.44. The first kappa shape index (κ1) is 21.5. The molecule has 0 spiro atoms. The van der Waals surface area contributed by atoms with Gasteiger partial charge in [-0.15, -0.1) is 11.3 Å². The third kappa shape index (κ3) is 3.96. The van der Waals surface area contributed by atoms with E-state index in [9.17, 15) is 14.7 Å². The van der Waals surface area contributed by atoms with Crippen molar-refractivity contribution in [3.05, 3.63) is 90.8 Å². The van der Waals surface area contributed by atoms with Crippen molar-refractivity contribution in [3.8, 4) is 0 Å². The van der Waals surface area contributed by atoms with E-state index in [0.717, 1.165) is 10.6 Å². The number of carbonyl (C=O) groups excluding carboxylic acids is 2. The van der Waals surface area contributed by atoms with E-state index in [2.05, 4.69) is 9.97 Å². The molecule has 0 radical (unpaired) electrons. The van der Waals surface area contributed by atoms with Crippen LogP contribution in [0.3, 0.4) is 0 Å². The summed E-state index contributed by atoms with van der Waals surface area (Å²) in [7, 11) is 0. The summed E-state index contributed by atoms with van der Waals surface area (Å²) in [5, 5.41) is 12.1. The van der Waals surface area contributed by atoms with Gasteiger partial charge in [0.2, 0.25) is 5.78 Å². The second-order valence-electron chi connectivity index (χ2n) is 7.10. The van der Waals surface area contributed by atoms with Crippen molar-refractivity contribution in [3.63, 3.8) is 0 Å². The number of ketones is 1. The van der Waals surface area contributed by atoms with E-state index >= 15 is 0 Å². The molecule has 31 heavy (non-hydrogen) atoms. The van der Waals surface area contributed by atoms with Crippen LogP contribution in [0.4, 0.5) is 0 Å². The van der Waals surface area contributed by atoms with E-state index in [1.807, 2.05) is 0 Å². The molecular formula is C22H17Cl2N3O3S. The van der Waals surface area contributed by atoms with Gasteiger partial charge in [-0.25, -0.2) is 4.98 Å². The molecule has 158 valence electrons. The fourth-order valence-electron chi connectivity index (χ4n) is 3.63. The van der Waals surface area contributed by atoms with E-state index in [1.54, 1.807) is 56.6 Å². The van der Waals surface area contributed by atoms with Crippen LogP contribution in [0.5, 0.6) is 0 Å². The van der Waals surface area contributed by atoms with Gasteiger partial charge in [-0.3, -0.25) is 14.6 Å². The van der Waals surface area contributed by atoms with Gasteiger partial charge in [0.15, 0.2) is 5.76 Å². The second-order valence-corrected chi connectivity index (χ2v) is 9.12. The number of aliphatic hydroxyl groups is 1. The Labute approximate surface area is 192 Å². The molecule has 1 N–H and O–H groups in total. The van der Waals surface area contributed by atoms with Crippen LogP contribution in [0, 0.1) is 13.8 Å². The molecule has 9 heteroatoms. The number of aliphatic hydroxyl groups excluding tert-OH is 1. The van der Waals surface area contributed by atoms with E-state index in [1.165, 1.54) is 16.2 Å². The smallest absolute Gasteiger partial charge is 0.290 e. The molecule has 1 aliphatic rings. The first-order valence-electron chi connectivity index (χ1n) is 9.34. The molecule has 1 aromatic carbocycles. The maximum Gasteiger partial charge on any atom is 0.290 e. The fourth-order valence-corrected chi connectivity index (χ4v) is 4.81. The number of benzene rings is 1. The van der Waals surface area contributed by atoms with Gasteiger partial charge in [0.25, 0.3) is 5.91 Å². The highest BCUT2D eigenvalue weighted by Crippen LogP contribution is 2.42. The van der Waals surface area contributed by atoms with Crippen LogP contribution in [0.25, 0.3) is 0 Å². The molecule has 0 saturated heterocycles. The average molecular weight is 474 g/mol. The number of hydrogen-bond acceptors (Lipinski definition) is 6. The Hall–Kier alpha value is -2.74. The quantitative estimate of drug-likeness (QED) is 0.512. The summed E-state index contributed by atoms with van der Waals surface area (Å²) in [4.78, 5) is 36.7. The molecule has 3 aromatic rings. The summed E-state index contributed by atoms with van der Waals surface area (Å²) in [5.74, 6) is -1.63. The predicted molar refractivity (Wildman–Crippen MR) is 120 cm³/mol. The van der Waals surface area contributed by atoms with Gasteiger partial charge in [-0.1, -0.05) is 29.3 Å². The zero-order valence-electron chi connectivity index (χ0n) is 16.6. The molecule has 2 aromatic heterocycles. The zero-order chi connectivity index (χ0) is 22.3. The molecule has 4 rings (SSSR count). The minimum atomic E-state index is -0.829. The van der Waals surface area contributed by atoms with Crippen molar-refractivity contribution >= 4 is 46.2 Å². The molecule has 1 unspecified atom stereocenters. The lowest BCUT2D eigenvalue weighted by Gasteiger charge is -2.27. The normalized spacial score (nSPS) is 16.3. The Morgan fingerprint density at radius 3 is 2.48 bits per heavy atom. The fraction of sp³-hybridized carbons (Fsp3) is 0.182. The van der Waals surface area contributed by atoms with Crippen LogP contribution >= 0.6 is 34.5 Å². The van der Waals surface area contributed by atoms with E-state index < -0.39 is 23.5 Å². The lowest BCUT2D eigenvalue weighted by molar-refractivity contribution is -0.130. The number of nitrogens with zero attached hydrogens (tertiary/aromatic N) is 3. The number of hydrogen-bond donors (Lipinski definition) is 1. The van der Waals surface area contributed by atoms with Crippen LogP contribution < -0.4 is 0 Å². The molecule has 6 nitrogen and oxygen atoms in total. The maximum absolute atomic E-state index is 13.5. The Morgan fingerprint density at radius 1 is 1.16 bits per heavy atom. The molecule has 0 fully saturated rings. The van der Waals surface area contributed by atoms with Crippen molar-refractivity contribution in [1.29, 1.82) is 0 Å². The Bertz CT molecular complexity index is 1220. The molecule has 1 amide bonds. The van der Waals surface area contributed by atoms with Gasteiger partial charge in [0.05, 0.1) is 37.2 Å². The second kappa shape index (κ2) is 8.42. The van der Waals surface area contributed by atoms with Gasteiger partial charge in [-0.05, 0) is 49.2 Å². The number of Topliss-reactive ketones (excluding diaryl/α,β-unsaturated/α-hetero) is 1. The maximum atomic E-state index is 13.5. The van der Waals surface area contributed by atoms with E-state index in [0.29, 0.717) is 26.2 Å². The van der Waals surface area contributed by atoms with Gasteiger partial charge in [0.1, 0.15) is 0 Å². The number of aromatic nitrogens is 2. The van der Waals surface area contributed by atoms with Crippen LogP contribution in [-0.4, -0.2) is 31.7 Å². The molecule has 1 atom stereocenters. The third-order valence-corrected chi connectivity index (χ3v) is 6.83. The van der Waals surface area contributed by atoms with Gasteiger partial charge < -0.3 is 10.0 Å². The lowest BCUT2D eigenvalue weighted by Crippen LogP contribution is -2.30. The average Bonchev–Trinajstić information content (AvgIpc) is 3.21. The van der Waals surface area contributed by atoms with Gasteiger partial charge in [0, 0.05) is 18.9 Å². The predicted octanol–water partition coefficient (Wildman–Crippen LogP) is 5.24. The van der Waals surface area contributed by atoms with Crippen molar-refractivity contribution in [1.82, 2.24) is 14.9 Å². The Balaban J connectivity index is 1.84. The molecule has 1 aliphatic heterocycles. The summed E-state index contributed by atoms with van der Waals surface area (Å²) in [6.45, 7) is 3.70. The summed E-state index contributed by atoms with van der Waals surface area (Å²) >= 11 is 13.5. The van der Waals surface area contributed by atoms with Gasteiger partial charge in [-0.2, -0.15) is 0 Å². The first-order chi connectivity index (χ1) is 14.8.